The molecular formula is C96H148N2O27. The lowest BCUT2D eigenvalue weighted by Gasteiger charge is -2.53. The number of ether oxygens (including phenoxy) is 16. The molecule has 7 rings (SSSR count). The Morgan fingerprint density at radius 2 is 1.10 bits per heavy atom. The molecule has 5 aliphatic rings. The minimum atomic E-state index is -2.47. The van der Waals surface area contributed by atoms with E-state index in [1.807, 2.05) is 33.8 Å². The van der Waals surface area contributed by atoms with Gasteiger partial charge in [-0.15, -0.1) is 0 Å². The number of cyclic esters (lactones) is 2. The zero-order valence-corrected chi connectivity index (χ0v) is 76.6. The van der Waals surface area contributed by atoms with Crippen LogP contribution in [-0.4, -0.2) is 209 Å². The fourth-order valence-electron chi connectivity index (χ4n) is 17.1. The third kappa shape index (κ3) is 34.8. The Hall–Kier alpha value is -7.48. The van der Waals surface area contributed by atoms with Crippen molar-refractivity contribution in [3.63, 3.8) is 0 Å². The molecule has 0 spiro atoms. The van der Waals surface area contributed by atoms with Crippen molar-refractivity contribution in [2.75, 3.05) is 40.1 Å². The van der Waals surface area contributed by atoms with Gasteiger partial charge in [0.1, 0.15) is 69.2 Å². The van der Waals surface area contributed by atoms with E-state index in [4.69, 9.17) is 75.8 Å². The Bertz CT molecular complexity index is 3590. The van der Waals surface area contributed by atoms with Gasteiger partial charge in [-0.1, -0.05) is 252 Å². The molecule has 5 aliphatic heterocycles. The molecule has 125 heavy (non-hydrogen) atoms. The topological polar surface area (TPSA) is 363 Å². The predicted octanol–water partition coefficient (Wildman–Crippen LogP) is 15.1. The summed E-state index contributed by atoms with van der Waals surface area (Å²) in [5.41, 5.74) is 0.175. The standard InChI is InChI=1S/C96H148N2O27/c1-14-16-18-20-22-24-26-28-29-31-33-35-37-39-47-53-80(103)98-74-57-115-94-89(121-91(108)73-50-44-41-45-51-73)84(106)87(78(120-94)60-113-81(104)54-55-82(105)117-75(74)52-46-38-36-34-32-30-27-25-23-21-19-17-15-2)122-92-67(8)86(125-96(95(109)110-13)56-62(3)63(4)85(124-96)66(7)77(116-71(12)102)59-112-70(11)101)88(79(119-92)61-114-90(107)72-48-42-40-43-49-72)123-93-83(97-68(9)99)65(6)64(5)76(118-93)58-111-69(10)100/h40-46,48-52,62-67,74-79,83-89,92-94,106H,14-39,47,53-61H2,1-13H3,(H,97,99)(H,98,103)/b52-46+/t62?,63-,64+,65-,66+,67?,74-,75+,76?,77+,78-,79?,83?,84?,85+,86+,87+,88-,89?,92-,93-,94+,96-/m0/s1. The first-order valence-electron chi connectivity index (χ1n) is 46.6. The summed E-state index contributed by atoms with van der Waals surface area (Å²) in [7, 11) is 1.13. The highest BCUT2D eigenvalue weighted by Gasteiger charge is 2.61. The van der Waals surface area contributed by atoms with E-state index >= 15 is 4.79 Å². The first-order chi connectivity index (χ1) is 60.1. The minimum Gasteiger partial charge on any atom is -0.465 e. The first kappa shape index (κ1) is 105. The Balaban J connectivity index is 1.30. The molecule has 7 unspecified atom stereocenters. The minimum absolute atomic E-state index is 0.0523. The highest BCUT2D eigenvalue weighted by atomic mass is 16.8. The predicted molar refractivity (Wildman–Crippen MR) is 462 cm³/mol. The number of hydrogen-bond donors (Lipinski definition) is 3. The lowest BCUT2D eigenvalue weighted by atomic mass is 9.76. The number of esters is 8. The molecule has 2 aromatic rings. The summed E-state index contributed by atoms with van der Waals surface area (Å²) < 4.78 is 103. The molecule has 5 fully saturated rings. The summed E-state index contributed by atoms with van der Waals surface area (Å²) in [6.45, 7) is 17.5. The molecule has 23 atom stereocenters. The van der Waals surface area contributed by atoms with Crippen LogP contribution in [0.25, 0.3) is 0 Å². The molecular weight excluding hydrogens is 1610 g/mol. The van der Waals surface area contributed by atoms with Crippen LogP contribution >= 0.6 is 0 Å². The van der Waals surface area contributed by atoms with Gasteiger partial charge < -0.3 is 91.5 Å². The van der Waals surface area contributed by atoms with Crippen molar-refractivity contribution >= 4 is 59.6 Å². The van der Waals surface area contributed by atoms with Crippen LogP contribution in [0.5, 0.6) is 0 Å². The molecule has 2 bridgehead atoms. The van der Waals surface area contributed by atoms with E-state index in [-0.39, 0.29) is 36.5 Å². The van der Waals surface area contributed by atoms with Crippen molar-refractivity contribution < 1.29 is 129 Å². The summed E-state index contributed by atoms with van der Waals surface area (Å²) in [6.07, 6.45) is 11.4. The van der Waals surface area contributed by atoms with Crippen molar-refractivity contribution in [3.8, 4) is 0 Å². The maximum atomic E-state index is 15.3. The third-order valence-corrected chi connectivity index (χ3v) is 24.9. The van der Waals surface area contributed by atoms with Gasteiger partial charge in [0.15, 0.2) is 25.0 Å². The molecule has 2 aromatic carbocycles. The number of nitrogens with one attached hydrogen (secondary N) is 2. The Morgan fingerprint density at radius 3 is 1.66 bits per heavy atom. The molecule has 29 heteroatoms. The summed E-state index contributed by atoms with van der Waals surface area (Å²) >= 11 is 0. The number of carbonyl (C=O) groups excluding carboxylic acids is 10. The van der Waals surface area contributed by atoms with E-state index in [0.29, 0.717) is 12.8 Å². The maximum absolute atomic E-state index is 15.3. The number of aliphatic hydroxyl groups excluding tert-OH is 1. The van der Waals surface area contributed by atoms with Gasteiger partial charge in [-0.2, -0.15) is 0 Å². The van der Waals surface area contributed by atoms with Crippen molar-refractivity contribution in [1.82, 2.24) is 10.6 Å². The number of benzene rings is 2. The zero-order chi connectivity index (χ0) is 90.8. The molecule has 0 saturated carbocycles. The fourth-order valence-corrected chi connectivity index (χ4v) is 17.1. The van der Waals surface area contributed by atoms with Gasteiger partial charge in [0.25, 0.3) is 5.79 Å². The van der Waals surface area contributed by atoms with Gasteiger partial charge in [-0.25, -0.2) is 14.4 Å². The lowest BCUT2D eigenvalue weighted by molar-refractivity contribution is -0.391. The van der Waals surface area contributed by atoms with E-state index in [0.717, 1.165) is 58.5 Å². The molecule has 3 N–H and O–H groups in total. The van der Waals surface area contributed by atoms with Crippen LogP contribution in [0.15, 0.2) is 72.8 Å². The summed E-state index contributed by atoms with van der Waals surface area (Å²) in [5, 5.41) is 19.6. The molecule has 2 amide bonds. The van der Waals surface area contributed by atoms with E-state index in [1.165, 1.54) is 161 Å². The van der Waals surface area contributed by atoms with Crippen molar-refractivity contribution in [2.24, 2.45) is 35.5 Å². The third-order valence-electron chi connectivity index (χ3n) is 24.9. The molecule has 5 heterocycles. The Morgan fingerprint density at radius 1 is 0.560 bits per heavy atom. The van der Waals surface area contributed by atoms with Crippen LogP contribution in [0, 0.1) is 35.5 Å². The van der Waals surface area contributed by atoms with Crippen molar-refractivity contribution in [1.29, 1.82) is 0 Å². The number of rotatable bonds is 50. The molecule has 29 nitrogen and oxygen atoms in total. The van der Waals surface area contributed by atoms with Crippen LogP contribution in [0.1, 0.15) is 303 Å². The van der Waals surface area contributed by atoms with Crippen LogP contribution in [0.4, 0.5) is 0 Å². The quantitative estimate of drug-likeness (QED) is 0.0240. The average Bonchev–Trinajstić information content (AvgIpc) is 0.743. The summed E-state index contributed by atoms with van der Waals surface area (Å²) in [5.74, 6) is -13.8. The van der Waals surface area contributed by atoms with Gasteiger partial charge in [-0.3, -0.25) is 33.6 Å². The second-order valence-electron chi connectivity index (χ2n) is 35.0. The molecule has 0 radical (unpaired) electrons. The number of allylic oxidation sites excluding steroid dienone is 1. The summed E-state index contributed by atoms with van der Waals surface area (Å²) in [4.78, 5) is 138. The number of carbonyl (C=O) groups is 10. The Labute approximate surface area is 741 Å². The number of fused-ring (bicyclic) bond motifs is 2. The number of methoxy groups -OCH3 is 1. The van der Waals surface area contributed by atoms with E-state index in [2.05, 4.69) is 24.5 Å². The van der Waals surface area contributed by atoms with Gasteiger partial charge in [0, 0.05) is 52.4 Å². The molecule has 0 aromatic heterocycles. The number of amides is 2. The lowest BCUT2D eigenvalue weighted by Crippen LogP contribution is -2.68. The SMILES string of the molecule is CCCCCCCCCCCCC/C=C/[C@H]1OC(=O)CCC(=O)OC[C@@H]2O[C@@H](OC[C@@H]1NC(=O)CCCCCCCCCCCCCCCCC)C(OC(=O)c1ccccc1)C(O)[C@@H]2O[C@@H]1OC(COC(=O)c2ccccc2)[C@H](O[C@@H]2OC(COC(C)=O)[C@H](C)[C@H](C)C2NC(C)=O)[C@H](O[C@]2(C(=O)OC)CC(C)[C@H](C)[C@H]([C@H](C)[C@@H](COC(C)=O)OC(C)=O)O2)C1C. The number of aliphatic hydroxyl groups is 1. The molecule has 0 aliphatic carbocycles. The second-order valence-corrected chi connectivity index (χ2v) is 35.0. The fraction of sp³-hybridized carbons (Fsp3) is 0.750. The number of unbranched alkanes of at least 4 members (excludes halogenated alkanes) is 25. The highest BCUT2D eigenvalue weighted by Crippen LogP contribution is 2.47. The second kappa shape index (κ2) is 56.1. The van der Waals surface area contributed by atoms with Crippen molar-refractivity contribution in [2.45, 2.75) is 386 Å². The van der Waals surface area contributed by atoms with Crippen LogP contribution < -0.4 is 10.6 Å². The van der Waals surface area contributed by atoms with E-state index in [9.17, 15) is 48.3 Å². The zero-order valence-electron chi connectivity index (χ0n) is 76.6. The van der Waals surface area contributed by atoms with Gasteiger partial charge in [0.05, 0.1) is 68.1 Å². The van der Waals surface area contributed by atoms with Crippen LogP contribution in [0.3, 0.4) is 0 Å². The molecule has 5 saturated heterocycles. The van der Waals surface area contributed by atoms with E-state index in [1.54, 1.807) is 56.3 Å². The Kier molecular flexibility index (Phi) is 46.9. The normalized spacial score (nSPS) is 29.0. The monoisotopic (exact) mass is 1760 g/mol. The highest BCUT2D eigenvalue weighted by molar-refractivity contribution is 5.90. The molecule has 704 valence electrons. The van der Waals surface area contributed by atoms with Crippen LogP contribution in [-0.2, 0) is 114 Å². The van der Waals surface area contributed by atoms with E-state index < -0.39 is 232 Å². The maximum Gasteiger partial charge on any atom is 0.366 e. The van der Waals surface area contributed by atoms with Gasteiger partial charge >= 0.3 is 47.8 Å². The van der Waals surface area contributed by atoms with Crippen molar-refractivity contribution in [3.05, 3.63) is 83.9 Å². The average molecular weight is 1760 g/mol. The largest absolute Gasteiger partial charge is 0.465 e. The summed E-state index contributed by atoms with van der Waals surface area (Å²) in [6, 6.07) is 13.8. The van der Waals surface area contributed by atoms with Gasteiger partial charge in [0.2, 0.25) is 11.8 Å². The smallest absolute Gasteiger partial charge is 0.366 e. The number of hydrogen-bond acceptors (Lipinski definition) is 27. The van der Waals surface area contributed by atoms with Crippen LogP contribution in [0.2, 0.25) is 0 Å². The van der Waals surface area contributed by atoms with Gasteiger partial charge in [-0.05, 0) is 73.3 Å². The first-order valence-corrected chi connectivity index (χ1v) is 46.6.